The molecule has 19 heavy (non-hydrogen) atoms. The monoisotopic (exact) mass is 277 g/mol. The molecule has 106 valence electrons. The van der Waals surface area contributed by atoms with Gasteiger partial charge in [-0.05, 0) is 12.0 Å². The molecule has 2 nitrogen and oxygen atoms in total. The second-order valence-corrected chi connectivity index (χ2v) is 11.7. The second-order valence-electron chi connectivity index (χ2n) is 6.58. The summed E-state index contributed by atoms with van der Waals surface area (Å²) in [5.74, 6) is 0. The summed E-state index contributed by atoms with van der Waals surface area (Å²) in [6.07, 6.45) is 1.54. The number of benzene rings is 1. The number of rotatable bonds is 4. The van der Waals surface area contributed by atoms with Gasteiger partial charge in [-0.25, -0.2) is 0 Å². The number of nitrogens with zero attached hydrogens (tertiary/aromatic N) is 1. The molecule has 1 unspecified atom stereocenters. The number of morpholine rings is 1. The van der Waals surface area contributed by atoms with Gasteiger partial charge < -0.3 is 4.74 Å². The maximum Gasteiger partial charge on any atom is 0.0775 e. The van der Waals surface area contributed by atoms with Crippen LogP contribution in [0.1, 0.15) is 18.9 Å². The van der Waals surface area contributed by atoms with Crippen LogP contribution in [0.2, 0.25) is 19.6 Å². The SMILES string of the molecule is CCC1CN(Cc2ccc([Si](C)(C)C)cc2)CCO1. The first kappa shape index (κ1) is 14.8. The van der Waals surface area contributed by atoms with Gasteiger partial charge in [0.05, 0.1) is 20.8 Å². The summed E-state index contributed by atoms with van der Waals surface area (Å²) in [4.78, 5) is 2.52. The van der Waals surface area contributed by atoms with E-state index in [9.17, 15) is 0 Å². The zero-order chi connectivity index (χ0) is 13.9. The topological polar surface area (TPSA) is 12.5 Å². The van der Waals surface area contributed by atoms with Crippen LogP contribution in [0.5, 0.6) is 0 Å². The van der Waals surface area contributed by atoms with Crippen molar-refractivity contribution in [2.45, 2.75) is 45.6 Å². The highest BCUT2D eigenvalue weighted by Crippen LogP contribution is 2.12. The van der Waals surface area contributed by atoms with E-state index < -0.39 is 8.07 Å². The van der Waals surface area contributed by atoms with Crippen molar-refractivity contribution in [2.24, 2.45) is 0 Å². The molecule has 1 saturated heterocycles. The summed E-state index contributed by atoms with van der Waals surface area (Å²) in [6.45, 7) is 13.5. The van der Waals surface area contributed by atoms with Gasteiger partial charge in [-0.1, -0.05) is 56.0 Å². The predicted octanol–water partition coefficient (Wildman–Crippen LogP) is 2.84. The molecular weight excluding hydrogens is 250 g/mol. The first-order valence-electron chi connectivity index (χ1n) is 7.42. The molecule has 0 spiro atoms. The number of hydrogen-bond acceptors (Lipinski definition) is 2. The largest absolute Gasteiger partial charge is 0.376 e. The van der Waals surface area contributed by atoms with Crippen LogP contribution >= 0.6 is 0 Å². The molecule has 1 atom stereocenters. The standard InChI is InChI=1S/C16H27NOSi/c1-5-15-13-17(10-11-18-15)12-14-6-8-16(9-7-14)19(2,3)4/h6-9,15H,5,10-13H2,1-4H3. The average Bonchev–Trinajstić information content (AvgIpc) is 2.38. The predicted molar refractivity (Wildman–Crippen MR) is 84.7 cm³/mol. The minimum atomic E-state index is -1.16. The van der Waals surface area contributed by atoms with E-state index in [1.54, 1.807) is 5.19 Å². The van der Waals surface area contributed by atoms with Crippen molar-refractivity contribution in [1.82, 2.24) is 4.90 Å². The summed E-state index contributed by atoms with van der Waals surface area (Å²) in [6, 6.07) is 9.28. The lowest BCUT2D eigenvalue weighted by atomic mass is 10.1. The van der Waals surface area contributed by atoms with E-state index in [0.29, 0.717) is 6.10 Å². The molecule has 0 radical (unpaired) electrons. The first-order chi connectivity index (χ1) is 8.99. The molecule has 1 aliphatic heterocycles. The Morgan fingerprint density at radius 1 is 1.21 bits per heavy atom. The van der Waals surface area contributed by atoms with E-state index in [2.05, 4.69) is 55.7 Å². The maximum absolute atomic E-state index is 5.72. The summed E-state index contributed by atoms with van der Waals surface area (Å²) in [5, 5.41) is 1.55. The third-order valence-corrected chi connectivity index (χ3v) is 5.97. The first-order valence-corrected chi connectivity index (χ1v) is 10.9. The van der Waals surface area contributed by atoms with Gasteiger partial charge in [0.15, 0.2) is 0 Å². The Bertz CT molecular complexity index is 396. The van der Waals surface area contributed by atoms with Crippen molar-refractivity contribution in [3.8, 4) is 0 Å². The van der Waals surface area contributed by atoms with E-state index in [4.69, 9.17) is 4.74 Å². The van der Waals surface area contributed by atoms with Gasteiger partial charge >= 0.3 is 0 Å². The molecule has 0 aliphatic carbocycles. The van der Waals surface area contributed by atoms with Crippen LogP contribution in [-0.2, 0) is 11.3 Å². The van der Waals surface area contributed by atoms with Crippen molar-refractivity contribution < 1.29 is 4.74 Å². The zero-order valence-electron chi connectivity index (χ0n) is 12.8. The molecule has 0 aromatic heterocycles. The molecule has 0 bridgehead atoms. The molecule has 1 heterocycles. The molecule has 1 aromatic rings. The van der Waals surface area contributed by atoms with Crippen LogP contribution in [0.25, 0.3) is 0 Å². The Kier molecular flexibility index (Phi) is 4.82. The fraction of sp³-hybridized carbons (Fsp3) is 0.625. The van der Waals surface area contributed by atoms with E-state index in [1.165, 1.54) is 5.56 Å². The highest BCUT2D eigenvalue weighted by Gasteiger charge is 2.19. The molecule has 0 saturated carbocycles. The molecule has 1 fully saturated rings. The van der Waals surface area contributed by atoms with Crippen LogP contribution in [-0.4, -0.2) is 38.8 Å². The maximum atomic E-state index is 5.72. The van der Waals surface area contributed by atoms with Gasteiger partial charge in [-0.3, -0.25) is 4.90 Å². The van der Waals surface area contributed by atoms with Gasteiger partial charge in [-0.15, -0.1) is 0 Å². The van der Waals surface area contributed by atoms with Crippen molar-refractivity contribution in [3.05, 3.63) is 29.8 Å². The normalized spacial score (nSPS) is 21.6. The average molecular weight is 277 g/mol. The van der Waals surface area contributed by atoms with Crippen LogP contribution in [0.3, 0.4) is 0 Å². The van der Waals surface area contributed by atoms with Gasteiger partial charge in [0.2, 0.25) is 0 Å². The Labute approximate surface area is 118 Å². The zero-order valence-corrected chi connectivity index (χ0v) is 13.8. The highest BCUT2D eigenvalue weighted by molar-refractivity contribution is 6.88. The van der Waals surface area contributed by atoms with Crippen LogP contribution in [0.15, 0.2) is 24.3 Å². The van der Waals surface area contributed by atoms with Gasteiger partial charge in [0, 0.05) is 19.6 Å². The Hall–Kier alpha value is -0.643. The third kappa shape index (κ3) is 4.16. The molecule has 0 amide bonds. The van der Waals surface area contributed by atoms with Crippen LogP contribution < -0.4 is 5.19 Å². The quantitative estimate of drug-likeness (QED) is 0.785. The van der Waals surface area contributed by atoms with E-state index in [-0.39, 0.29) is 0 Å². The third-order valence-electron chi connectivity index (χ3n) is 3.90. The fourth-order valence-electron chi connectivity index (χ4n) is 2.54. The van der Waals surface area contributed by atoms with E-state index >= 15 is 0 Å². The number of hydrogen-bond donors (Lipinski definition) is 0. The summed E-state index contributed by atoms with van der Waals surface area (Å²) >= 11 is 0. The summed E-state index contributed by atoms with van der Waals surface area (Å²) in [5.41, 5.74) is 1.43. The smallest absolute Gasteiger partial charge is 0.0775 e. The molecule has 1 aliphatic rings. The van der Waals surface area contributed by atoms with Crippen LogP contribution in [0, 0.1) is 0 Å². The summed E-state index contributed by atoms with van der Waals surface area (Å²) < 4.78 is 5.72. The van der Waals surface area contributed by atoms with Gasteiger partial charge in [-0.2, -0.15) is 0 Å². The minimum Gasteiger partial charge on any atom is -0.376 e. The Balaban J connectivity index is 1.96. The van der Waals surface area contributed by atoms with E-state index in [1.807, 2.05) is 0 Å². The highest BCUT2D eigenvalue weighted by atomic mass is 28.3. The van der Waals surface area contributed by atoms with Gasteiger partial charge in [0.1, 0.15) is 0 Å². The number of ether oxygens (including phenoxy) is 1. The molecule has 3 heteroatoms. The Morgan fingerprint density at radius 2 is 1.89 bits per heavy atom. The van der Waals surface area contributed by atoms with Crippen LogP contribution in [0.4, 0.5) is 0 Å². The molecule has 1 aromatic carbocycles. The Morgan fingerprint density at radius 3 is 2.47 bits per heavy atom. The van der Waals surface area contributed by atoms with Gasteiger partial charge in [0.25, 0.3) is 0 Å². The van der Waals surface area contributed by atoms with Crippen molar-refractivity contribution >= 4 is 13.3 Å². The van der Waals surface area contributed by atoms with Crippen molar-refractivity contribution in [3.63, 3.8) is 0 Å². The summed E-state index contributed by atoms with van der Waals surface area (Å²) in [7, 11) is -1.16. The second kappa shape index (κ2) is 6.20. The lowest BCUT2D eigenvalue weighted by molar-refractivity contribution is -0.0324. The van der Waals surface area contributed by atoms with Crippen molar-refractivity contribution in [1.29, 1.82) is 0 Å². The molecule has 0 N–H and O–H groups in total. The molecule has 2 rings (SSSR count). The molecular formula is C16H27NOSi. The lowest BCUT2D eigenvalue weighted by Crippen LogP contribution is -2.41. The fourth-order valence-corrected chi connectivity index (χ4v) is 3.71. The minimum absolute atomic E-state index is 0.426. The van der Waals surface area contributed by atoms with Crippen molar-refractivity contribution in [2.75, 3.05) is 19.7 Å². The van der Waals surface area contributed by atoms with E-state index in [0.717, 1.165) is 32.7 Å². The lowest BCUT2D eigenvalue weighted by Gasteiger charge is -2.32.